The highest BCUT2D eigenvalue weighted by Gasteiger charge is 2.22. The summed E-state index contributed by atoms with van der Waals surface area (Å²) in [6.07, 6.45) is 21.5. The topological polar surface area (TPSA) is 94.9 Å². The standard InChI is InChI=1S/C12H25NO.C11H23NO.C11H23N.C10H22N2.C9H20N2.C9H19NO.C8H14N2.C8H17NO/c1-12(2,3)6-9-13-7-4-11(10-14)5-8-13;1-11(2,3)5-4-6-12-7-9-13-10-8-12;1-11(2,3)7-10-12-8-5-4-6-9-12;1-10(2)4-5-12-8-6-11(3)7-9-12;1-9(2)8-11-6-4-10(3)5-7-11;1-9(2)3-4-10-5-7-11-8-6-10;1-8(2)3-5-10-6-4-9-7-10;1-8(2)7-9-3-5-10-6-4-9/h11,14H,4-10H2,1-3H3;4-10H2,1-3H3;4-10H2,1-3H3;10H,4-9H2,1-3H3;9H,4-8H2,1-3H3;9H,3-8H2,1-2H3;4,6-8H,3,5H2,1-2H3;8H,3-7H2,1-2H3. The molecule has 0 radical (unpaired) electrons. The normalized spacial score (nSPS) is 20.4. The van der Waals surface area contributed by atoms with Crippen LogP contribution in [0.25, 0.3) is 0 Å². The molecule has 0 unspecified atom stereocenters. The van der Waals surface area contributed by atoms with Crippen molar-refractivity contribution in [3.63, 3.8) is 0 Å². The van der Waals surface area contributed by atoms with Crippen LogP contribution in [0.3, 0.4) is 0 Å². The highest BCUT2D eigenvalue weighted by Crippen LogP contribution is 2.24. The number of likely N-dealkylation sites (N-methyl/N-ethyl adjacent to an activating group) is 2. The first kappa shape index (κ1) is 89.7. The first-order valence-electron chi connectivity index (χ1n) is 38.6. The summed E-state index contributed by atoms with van der Waals surface area (Å²) in [4.78, 5) is 26.5. The number of ether oxygens (including phenoxy) is 3. The van der Waals surface area contributed by atoms with Crippen molar-refractivity contribution in [3.05, 3.63) is 18.7 Å². The van der Waals surface area contributed by atoms with Gasteiger partial charge in [0, 0.05) is 130 Å². The maximum absolute atomic E-state index is 9.02. The Labute approximate surface area is 579 Å². The summed E-state index contributed by atoms with van der Waals surface area (Å²) >= 11 is 0. The second-order valence-electron chi connectivity index (χ2n) is 34.4. The number of aliphatic hydroxyl groups excluding tert-OH is 1. The van der Waals surface area contributed by atoms with E-state index in [1.165, 1.54) is 201 Å². The van der Waals surface area contributed by atoms with Crippen LogP contribution in [0, 0.1) is 51.8 Å². The quantitative estimate of drug-likeness (QED) is 0.127. The Morgan fingerprint density at radius 1 is 0.387 bits per heavy atom. The van der Waals surface area contributed by atoms with Crippen molar-refractivity contribution in [2.75, 3.05) is 224 Å². The number of rotatable bonds is 21. The fourth-order valence-electron chi connectivity index (χ4n) is 11.7. The van der Waals surface area contributed by atoms with E-state index in [2.05, 4.69) is 199 Å². The van der Waals surface area contributed by atoms with Crippen molar-refractivity contribution in [1.29, 1.82) is 0 Å². The summed E-state index contributed by atoms with van der Waals surface area (Å²) in [5.41, 5.74) is 1.46. The molecule has 15 heteroatoms. The average molecular weight is 1320 g/mol. The molecule has 0 bridgehead atoms. The van der Waals surface area contributed by atoms with Gasteiger partial charge in [0.15, 0.2) is 0 Å². The molecule has 0 amide bonds. The molecule has 0 spiro atoms. The second-order valence-corrected chi connectivity index (χ2v) is 34.4. The molecule has 7 aliphatic rings. The van der Waals surface area contributed by atoms with Gasteiger partial charge in [0.1, 0.15) is 0 Å². The molecule has 1 aromatic heterocycles. The first-order chi connectivity index (χ1) is 43.9. The van der Waals surface area contributed by atoms with Gasteiger partial charge in [0.05, 0.1) is 46.0 Å². The zero-order valence-electron chi connectivity index (χ0n) is 66.1. The van der Waals surface area contributed by atoms with Crippen LogP contribution in [-0.2, 0) is 20.8 Å². The summed E-state index contributed by atoms with van der Waals surface area (Å²) < 4.78 is 17.9. The van der Waals surface area contributed by atoms with E-state index in [1.54, 1.807) is 0 Å². The van der Waals surface area contributed by atoms with E-state index >= 15 is 0 Å². The molecular formula is C78H163N11O4. The van der Waals surface area contributed by atoms with E-state index in [9.17, 15) is 0 Å². The van der Waals surface area contributed by atoms with E-state index in [4.69, 9.17) is 19.3 Å². The third-order valence-electron chi connectivity index (χ3n) is 18.5. The average Bonchev–Trinajstić information content (AvgIpc) is 3.83. The fourth-order valence-corrected chi connectivity index (χ4v) is 11.7. The molecule has 8 rings (SSSR count). The lowest BCUT2D eigenvalue weighted by Gasteiger charge is -2.33. The Bertz CT molecular complexity index is 1740. The summed E-state index contributed by atoms with van der Waals surface area (Å²) in [5, 5.41) is 9.02. The Balaban J connectivity index is 0.000000533. The molecule has 93 heavy (non-hydrogen) atoms. The largest absolute Gasteiger partial charge is 0.396 e. The smallest absolute Gasteiger partial charge is 0.0945 e. The molecule has 1 aromatic rings. The SMILES string of the molecule is CC(C)(C)CCCN1CCOCC1.CC(C)(C)CCN1CCC(CO)CC1.CC(C)(C)CCN1CCCCC1.CC(C)CCN1CCN(C)CC1.CC(C)CCN1CCOCC1.CC(C)CCn1ccnc1.CC(C)CN1CCN(C)CC1.CC(C)CN1CCOCC1. The van der Waals surface area contributed by atoms with Crippen molar-refractivity contribution < 1.29 is 19.3 Å². The molecule has 554 valence electrons. The number of morpholine rings is 3. The van der Waals surface area contributed by atoms with E-state index in [1.807, 2.05) is 18.7 Å². The van der Waals surface area contributed by atoms with Crippen LogP contribution < -0.4 is 0 Å². The Morgan fingerprint density at radius 3 is 1.10 bits per heavy atom. The zero-order chi connectivity index (χ0) is 69.5. The van der Waals surface area contributed by atoms with Crippen LogP contribution in [0.4, 0.5) is 0 Å². The number of hydrogen-bond acceptors (Lipinski definition) is 14. The van der Waals surface area contributed by atoms with Crippen molar-refractivity contribution >= 4 is 0 Å². The number of imidazole rings is 1. The molecule has 0 atom stereocenters. The fraction of sp³-hybridized carbons (Fsp3) is 0.962. The molecule has 15 nitrogen and oxygen atoms in total. The number of hydrogen-bond donors (Lipinski definition) is 1. The van der Waals surface area contributed by atoms with Crippen LogP contribution in [0.1, 0.15) is 209 Å². The van der Waals surface area contributed by atoms with Gasteiger partial charge in [-0.3, -0.25) is 14.7 Å². The van der Waals surface area contributed by atoms with Crippen molar-refractivity contribution in [2.24, 2.45) is 51.8 Å². The van der Waals surface area contributed by atoms with Crippen molar-refractivity contribution in [2.45, 2.75) is 215 Å². The minimum absolute atomic E-state index is 0.382. The lowest BCUT2D eigenvalue weighted by atomic mass is 9.90. The third kappa shape index (κ3) is 57.2. The van der Waals surface area contributed by atoms with E-state index in [0.29, 0.717) is 28.8 Å². The molecule has 0 saturated carbocycles. The Morgan fingerprint density at radius 2 is 0.731 bits per heavy atom. The predicted octanol–water partition coefficient (Wildman–Crippen LogP) is 13.6. The maximum Gasteiger partial charge on any atom is 0.0945 e. The third-order valence-corrected chi connectivity index (χ3v) is 18.5. The van der Waals surface area contributed by atoms with E-state index < -0.39 is 0 Å². The van der Waals surface area contributed by atoms with Gasteiger partial charge < -0.3 is 53.3 Å². The van der Waals surface area contributed by atoms with Crippen molar-refractivity contribution in [1.82, 2.24) is 53.7 Å². The van der Waals surface area contributed by atoms with Gasteiger partial charge in [0.2, 0.25) is 0 Å². The minimum Gasteiger partial charge on any atom is -0.396 e. The molecular weight excluding hydrogens is 1150 g/mol. The summed E-state index contributed by atoms with van der Waals surface area (Å²) in [7, 11) is 4.41. The van der Waals surface area contributed by atoms with E-state index in [-0.39, 0.29) is 0 Å². The summed E-state index contributed by atoms with van der Waals surface area (Å²) in [6, 6.07) is 0. The number of likely N-dealkylation sites (tertiary alicyclic amines) is 2. The number of piperidine rings is 2. The molecule has 8 heterocycles. The Kier molecular flexibility index (Phi) is 51.7. The van der Waals surface area contributed by atoms with Crippen LogP contribution in [-0.4, -0.2) is 283 Å². The van der Waals surface area contributed by atoms with Gasteiger partial charge in [-0.2, -0.15) is 0 Å². The lowest BCUT2D eigenvalue weighted by Crippen LogP contribution is -2.45. The highest BCUT2D eigenvalue weighted by atomic mass is 16.5. The van der Waals surface area contributed by atoms with Crippen molar-refractivity contribution in [3.8, 4) is 0 Å². The zero-order valence-corrected chi connectivity index (χ0v) is 66.1. The van der Waals surface area contributed by atoms with E-state index in [0.717, 1.165) is 115 Å². The number of aromatic nitrogens is 2. The van der Waals surface area contributed by atoms with Gasteiger partial charge in [-0.15, -0.1) is 0 Å². The van der Waals surface area contributed by atoms with Gasteiger partial charge in [-0.05, 0) is 195 Å². The monoisotopic (exact) mass is 1320 g/mol. The predicted molar refractivity (Wildman–Crippen MR) is 403 cm³/mol. The number of aryl methyl sites for hydroxylation is 1. The van der Waals surface area contributed by atoms with Crippen LogP contribution in [0.5, 0.6) is 0 Å². The first-order valence-corrected chi connectivity index (χ1v) is 38.6. The highest BCUT2D eigenvalue weighted by molar-refractivity contribution is 4.77. The molecule has 7 aliphatic heterocycles. The molecule has 1 N–H and O–H groups in total. The second kappa shape index (κ2) is 53.6. The van der Waals surface area contributed by atoms with Gasteiger partial charge in [-0.25, -0.2) is 4.98 Å². The number of nitrogens with zero attached hydrogens (tertiary/aromatic N) is 11. The van der Waals surface area contributed by atoms with Gasteiger partial charge in [-0.1, -0.05) is 138 Å². The van der Waals surface area contributed by atoms with Crippen LogP contribution in [0.2, 0.25) is 0 Å². The number of piperazine rings is 2. The minimum atomic E-state index is 0.382. The van der Waals surface area contributed by atoms with Crippen LogP contribution >= 0.6 is 0 Å². The molecule has 7 saturated heterocycles. The summed E-state index contributed by atoms with van der Waals surface area (Å²) in [6.45, 7) is 81.3. The van der Waals surface area contributed by atoms with Gasteiger partial charge in [0.25, 0.3) is 0 Å². The Hall–Kier alpha value is -1.31. The molecule has 7 fully saturated rings. The molecule has 0 aromatic carbocycles. The molecule has 0 aliphatic carbocycles. The summed E-state index contributed by atoms with van der Waals surface area (Å²) in [5.74, 6) is 4.64. The maximum atomic E-state index is 9.02. The lowest BCUT2D eigenvalue weighted by molar-refractivity contribution is 0.0328. The van der Waals surface area contributed by atoms with Gasteiger partial charge >= 0.3 is 0 Å². The number of aliphatic hydroxyl groups is 1. The van der Waals surface area contributed by atoms with Crippen LogP contribution in [0.15, 0.2) is 18.7 Å².